The van der Waals surface area contributed by atoms with Crippen molar-refractivity contribution in [3.8, 4) is 0 Å². The molecule has 2 nitrogen and oxygen atoms in total. The topological polar surface area (TPSA) is 29.3 Å². The molecule has 0 heterocycles. The van der Waals surface area contributed by atoms with Crippen LogP contribution in [0.3, 0.4) is 0 Å². The van der Waals surface area contributed by atoms with Gasteiger partial charge < -0.3 is 5.73 Å². The number of nitrogens with zero attached hydrogens (tertiary/aromatic N) is 1. The standard InChI is InChI=1S/C14H32N2/c1-7-8-13(6)14(9-15)16(12(4)5)10-11(2)3/h11-14H,7-10,15H2,1-6H3. The van der Waals surface area contributed by atoms with Crippen molar-refractivity contribution in [1.82, 2.24) is 4.90 Å². The Morgan fingerprint density at radius 1 is 1.06 bits per heavy atom. The van der Waals surface area contributed by atoms with Crippen molar-refractivity contribution >= 4 is 0 Å². The molecule has 0 aliphatic heterocycles. The summed E-state index contributed by atoms with van der Waals surface area (Å²) in [4.78, 5) is 2.59. The molecular weight excluding hydrogens is 196 g/mol. The van der Waals surface area contributed by atoms with Crippen LogP contribution in [0, 0.1) is 11.8 Å². The molecule has 2 atom stereocenters. The molecule has 2 N–H and O–H groups in total. The molecule has 0 saturated carbocycles. The van der Waals surface area contributed by atoms with Gasteiger partial charge in [-0.15, -0.1) is 0 Å². The molecule has 0 aromatic carbocycles. The molecule has 0 radical (unpaired) electrons. The molecule has 0 aromatic rings. The summed E-state index contributed by atoms with van der Waals surface area (Å²) in [7, 11) is 0. The highest BCUT2D eigenvalue weighted by atomic mass is 15.2. The van der Waals surface area contributed by atoms with Gasteiger partial charge in [-0.05, 0) is 32.1 Å². The molecule has 0 bridgehead atoms. The van der Waals surface area contributed by atoms with Gasteiger partial charge in [-0.3, -0.25) is 4.90 Å². The second-order valence-corrected chi connectivity index (χ2v) is 5.75. The number of hydrogen-bond acceptors (Lipinski definition) is 2. The maximum Gasteiger partial charge on any atom is 0.0246 e. The highest BCUT2D eigenvalue weighted by molar-refractivity contribution is 4.80. The Kier molecular flexibility index (Phi) is 8.04. The molecule has 0 saturated heterocycles. The Bertz CT molecular complexity index is 166. The zero-order valence-electron chi connectivity index (χ0n) is 12.2. The molecule has 0 aromatic heterocycles. The highest BCUT2D eigenvalue weighted by Gasteiger charge is 2.25. The molecular formula is C14H32N2. The number of rotatable bonds is 8. The van der Waals surface area contributed by atoms with E-state index in [9.17, 15) is 0 Å². The third-order valence-corrected chi connectivity index (χ3v) is 3.31. The van der Waals surface area contributed by atoms with Gasteiger partial charge in [-0.1, -0.05) is 34.1 Å². The summed E-state index contributed by atoms with van der Waals surface area (Å²) in [6.45, 7) is 15.7. The average Bonchev–Trinajstić information content (AvgIpc) is 2.17. The quantitative estimate of drug-likeness (QED) is 0.691. The lowest BCUT2D eigenvalue weighted by molar-refractivity contribution is 0.0986. The second-order valence-electron chi connectivity index (χ2n) is 5.75. The Morgan fingerprint density at radius 2 is 1.62 bits per heavy atom. The van der Waals surface area contributed by atoms with Crippen LogP contribution in [0.15, 0.2) is 0 Å². The fraction of sp³-hybridized carbons (Fsp3) is 1.00. The minimum absolute atomic E-state index is 0.544. The van der Waals surface area contributed by atoms with E-state index in [0.29, 0.717) is 23.9 Å². The van der Waals surface area contributed by atoms with Crippen molar-refractivity contribution < 1.29 is 0 Å². The van der Waals surface area contributed by atoms with Crippen LogP contribution in [-0.2, 0) is 0 Å². The van der Waals surface area contributed by atoms with Crippen LogP contribution in [0.5, 0.6) is 0 Å². The van der Waals surface area contributed by atoms with Crippen molar-refractivity contribution in [2.45, 2.75) is 66.5 Å². The van der Waals surface area contributed by atoms with Crippen LogP contribution in [-0.4, -0.2) is 30.1 Å². The molecule has 0 aliphatic carbocycles. The summed E-state index contributed by atoms with van der Waals surface area (Å²) < 4.78 is 0. The maximum atomic E-state index is 5.98. The predicted molar refractivity (Wildman–Crippen MR) is 73.6 cm³/mol. The van der Waals surface area contributed by atoms with Gasteiger partial charge in [0.05, 0.1) is 0 Å². The molecule has 0 amide bonds. The smallest absolute Gasteiger partial charge is 0.0246 e. The molecule has 0 rings (SSSR count). The first-order valence-corrected chi connectivity index (χ1v) is 6.89. The summed E-state index contributed by atoms with van der Waals surface area (Å²) >= 11 is 0. The third kappa shape index (κ3) is 5.31. The van der Waals surface area contributed by atoms with Crippen molar-refractivity contribution in [1.29, 1.82) is 0 Å². The summed E-state index contributed by atoms with van der Waals surface area (Å²) in [6, 6.07) is 1.14. The van der Waals surface area contributed by atoms with Crippen LogP contribution < -0.4 is 5.73 Å². The molecule has 0 aliphatic rings. The lowest BCUT2D eigenvalue weighted by Gasteiger charge is -2.39. The molecule has 2 unspecified atom stereocenters. The van der Waals surface area contributed by atoms with Crippen LogP contribution in [0.4, 0.5) is 0 Å². The van der Waals surface area contributed by atoms with Crippen LogP contribution in [0.25, 0.3) is 0 Å². The first-order valence-electron chi connectivity index (χ1n) is 6.89. The molecule has 2 heteroatoms. The van der Waals surface area contributed by atoms with Gasteiger partial charge in [-0.25, -0.2) is 0 Å². The van der Waals surface area contributed by atoms with E-state index in [1.807, 2.05) is 0 Å². The third-order valence-electron chi connectivity index (χ3n) is 3.31. The van der Waals surface area contributed by atoms with E-state index >= 15 is 0 Å². The minimum atomic E-state index is 0.544. The average molecular weight is 228 g/mol. The fourth-order valence-electron chi connectivity index (χ4n) is 2.49. The van der Waals surface area contributed by atoms with Gasteiger partial charge in [0.1, 0.15) is 0 Å². The number of hydrogen-bond donors (Lipinski definition) is 1. The van der Waals surface area contributed by atoms with Gasteiger partial charge in [0.2, 0.25) is 0 Å². The largest absolute Gasteiger partial charge is 0.329 e. The Labute approximate surface area is 103 Å². The first kappa shape index (κ1) is 15.9. The van der Waals surface area contributed by atoms with Crippen LogP contribution in [0.2, 0.25) is 0 Å². The highest BCUT2D eigenvalue weighted by Crippen LogP contribution is 2.19. The Morgan fingerprint density at radius 3 is 1.94 bits per heavy atom. The Hall–Kier alpha value is -0.0800. The van der Waals surface area contributed by atoms with Gasteiger partial charge in [0.15, 0.2) is 0 Å². The summed E-state index contributed by atoms with van der Waals surface area (Å²) in [5, 5.41) is 0. The van der Waals surface area contributed by atoms with E-state index < -0.39 is 0 Å². The van der Waals surface area contributed by atoms with E-state index in [1.54, 1.807) is 0 Å². The second kappa shape index (κ2) is 8.08. The molecule has 0 fully saturated rings. The fourth-order valence-corrected chi connectivity index (χ4v) is 2.49. The number of nitrogens with two attached hydrogens (primary N) is 1. The summed E-state index contributed by atoms with van der Waals surface area (Å²) in [6.07, 6.45) is 2.54. The first-order chi connectivity index (χ1) is 7.43. The zero-order chi connectivity index (χ0) is 12.7. The maximum absolute atomic E-state index is 5.98. The van der Waals surface area contributed by atoms with E-state index in [-0.39, 0.29) is 0 Å². The van der Waals surface area contributed by atoms with E-state index in [2.05, 4.69) is 46.4 Å². The van der Waals surface area contributed by atoms with Crippen molar-refractivity contribution in [3.63, 3.8) is 0 Å². The van der Waals surface area contributed by atoms with E-state index in [4.69, 9.17) is 5.73 Å². The van der Waals surface area contributed by atoms with Crippen molar-refractivity contribution in [3.05, 3.63) is 0 Å². The van der Waals surface area contributed by atoms with Gasteiger partial charge in [0, 0.05) is 25.2 Å². The molecule has 98 valence electrons. The normalized spacial score (nSPS) is 16.1. The SMILES string of the molecule is CCCC(C)C(CN)N(CC(C)C)C(C)C. The van der Waals surface area contributed by atoms with Crippen molar-refractivity contribution in [2.24, 2.45) is 17.6 Å². The van der Waals surface area contributed by atoms with Crippen molar-refractivity contribution in [2.75, 3.05) is 13.1 Å². The van der Waals surface area contributed by atoms with Gasteiger partial charge in [-0.2, -0.15) is 0 Å². The molecule has 0 spiro atoms. The molecule has 16 heavy (non-hydrogen) atoms. The van der Waals surface area contributed by atoms with Gasteiger partial charge >= 0.3 is 0 Å². The van der Waals surface area contributed by atoms with E-state index in [1.165, 1.54) is 12.8 Å². The van der Waals surface area contributed by atoms with Gasteiger partial charge in [0.25, 0.3) is 0 Å². The van der Waals surface area contributed by atoms with Crippen LogP contribution in [0.1, 0.15) is 54.4 Å². The van der Waals surface area contributed by atoms with E-state index in [0.717, 1.165) is 13.1 Å². The lowest BCUT2D eigenvalue weighted by Crippen LogP contribution is -2.49. The predicted octanol–water partition coefficient (Wildman–Crippen LogP) is 3.12. The monoisotopic (exact) mass is 228 g/mol. The summed E-state index contributed by atoms with van der Waals surface area (Å²) in [5.74, 6) is 1.42. The minimum Gasteiger partial charge on any atom is -0.329 e. The Balaban J connectivity index is 4.56. The zero-order valence-corrected chi connectivity index (χ0v) is 12.2. The summed E-state index contributed by atoms with van der Waals surface area (Å²) in [5.41, 5.74) is 5.98. The lowest BCUT2D eigenvalue weighted by atomic mass is 9.93. The van der Waals surface area contributed by atoms with Crippen LogP contribution >= 0.6 is 0 Å².